The zero-order chi connectivity index (χ0) is 14.7. The summed E-state index contributed by atoms with van der Waals surface area (Å²) in [6.07, 6.45) is 0.378. The number of anilines is 1. The van der Waals surface area contributed by atoms with Crippen molar-refractivity contribution in [1.82, 2.24) is 4.98 Å². The van der Waals surface area contributed by atoms with Gasteiger partial charge in [-0.1, -0.05) is 23.8 Å². The standard InChI is InChI=1S/C16H17BrN2O/c1-10-4-5-11(2)13(8-10)9-16(20)19-14-6-7-15(17)18-12(14)3/h4-8H,9H2,1-3H3,(H,19,20). The molecule has 1 aromatic carbocycles. The van der Waals surface area contributed by atoms with Crippen LogP contribution in [-0.4, -0.2) is 10.9 Å². The van der Waals surface area contributed by atoms with Crippen molar-refractivity contribution in [2.75, 3.05) is 5.32 Å². The van der Waals surface area contributed by atoms with Crippen LogP contribution < -0.4 is 5.32 Å². The van der Waals surface area contributed by atoms with E-state index >= 15 is 0 Å². The number of halogens is 1. The van der Waals surface area contributed by atoms with E-state index in [2.05, 4.69) is 38.4 Å². The second kappa shape index (κ2) is 6.18. The molecule has 3 nitrogen and oxygen atoms in total. The zero-order valence-electron chi connectivity index (χ0n) is 11.8. The number of nitrogens with zero attached hydrogens (tertiary/aromatic N) is 1. The van der Waals surface area contributed by atoms with E-state index in [9.17, 15) is 4.79 Å². The highest BCUT2D eigenvalue weighted by molar-refractivity contribution is 9.10. The summed E-state index contributed by atoms with van der Waals surface area (Å²) in [5.41, 5.74) is 4.92. The van der Waals surface area contributed by atoms with Gasteiger partial charge in [0.05, 0.1) is 17.8 Å². The Morgan fingerprint density at radius 1 is 1.20 bits per heavy atom. The molecule has 104 valence electrons. The van der Waals surface area contributed by atoms with Gasteiger partial charge in [-0.25, -0.2) is 4.98 Å². The van der Waals surface area contributed by atoms with Gasteiger partial charge in [0.1, 0.15) is 4.60 Å². The lowest BCUT2D eigenvalue weighted by Crippen LogP contribution is -2.16. The van der Waals surface area contributed by atoms with E-state index in [4.69, 9.17) is 0 Å². The molecule has 0 aliphatic heterocycles. The minimum atomic E-state index is -0.0223. The molecule has 0 spiro atoms. The summed E-state index contributed by atoms with van der Waals surface area (Å²) in [6.45, 7) is 5.93. The highest BCUT2D eigenvalue weighted by Crippen LogP contribution is 2.17. The first-order valence-electron chi connectivity index (χ1n) is 6.45. The summed E-state index contributed by atoms with van der Waals surface area (Å²) >= 11 is 3.31. The average Bonchev–Trinajstić information content (AvgIpc) is 2.37. The first kappa shape index (κ1) is 14.7. The summed E-state index contributed by atoms with van der Waals surface area (Å²) in [4.78, 5) is 16.4. The molecule has 0 aliphatic rings. The van der Waals surface area contributed by atoms with Crippen LogP contribution in [-0.2, 0) is 11.2 Å². The van der Waals surface area contributed by atoms with Gasteiger partial charge in [0.15, 0.2) is 0 Å². The summed E-state index contributed by atoms with van der Waals surface area (Å²) in [5, 5.41) is 2.91. The Hall–Kier alpha value is -1.68. The van der Waals surface area contributed by atoms with E-state index in [0.29, 0.717) is 6.42 Å². The molecule has 20 heavy (non-hydrogen) atoms. The Morgan fingerprint density at radius 2 is 1.95 bits per heavy atom. The Morgan fingerprint density at radius 3 is 2.65 bits per heavy atom. The van der Waals surface area contributed by atoms with Gasteiger partial charge in [0, 0.05) is 0 Å². The van der Waals surface area contributed by atoms with Gasteiger partial charge < -0.3 is 5.32 Å². The first-order chi connectivity index (χ1) is 9.45. The van der Waals surface area contributed by atoms with E-state index in [1.807, 2.05) is 39.0 Å². The average molecular weight is 333 g/mol. The predicted octanol–water partition coefficient (Wildman–Crippen LogP) is 3.95. The van der Waals surface area contributed by atoms with Crippen LogP contribution in [0, 0.1) is 20.8 Å². The number of amides is 1. The normalized spacial score (nSPS) is 10.4. The molecule has 0 bridgehead atoms. The van der Waals surface area contributed by atoms with Gasteiger partial charge in [-0.3, -0.25) is 4.79 Å². The Bertz CT molecular complexity index is 653. The molecule has 1 aromatic heterocycles. The Balaban J connectivity index is 2.11. The largest absolute Gasteiger partial charge is 0.324 e. The maximum absolute atomic E-state index is 12.1. The third kappa shape index (κ3) is 3.67. The zero-order valence-corrected chi connectivity index (χ0v) is 13.4. The molecule has 0 aliphatic carbocycles. The number of hydrogen-bond acceptors (Lipinski definition) is 2. The number of benzene rings is 1. The molecule has 2 rings (SSSR count). The maximum Gasteiger partial charge on any atom is 0.228 e. The highest BCUT2D eigenvalue weighted by atomic mass is 79.9. The fourth-order valence-electron chi connectivity index (χ4n) is 2.02. The minimum Gasteiger partial charge on any atom is -0.324 e. The predicted molar refractivity (Wildman–Crippen MR) is 84.9 cm³/mol. The van der Waals surface area contributed by atoms with Crippen LogP contribution >= 0.6 is 15.9 Å². The Kier molecular flexibility index (Phi) is 4.55. The van der Waals surface area contributed by atoms with E-state index in [1.165, 1.54) is 5.56 Å². The van der Waals surface area contributed by atoms with Crippen molar-refractivity contribution in [2.24, 2.45) is 0 Å². The molecule has 1 heterocycles. The van der Waals surface area contributed by atoms with E-state index < -0.39 is 0 Å². The number of aromatic nitrogens is 1. The molecule has 0 saturated carbocycles. The number of pyridine rings is 1. The summed E-state index contributed by atoms with van der Waals surface area (Å²) in [5.74, 6) is -0.0223. The lowest BCUT2D eigenvalue weighted by molar-refractivity contribution is -0.115. The van der Waals surface area contributed by atoms with Crippen LogP contribution in [0.1, 0.15) is 22.4 Å². The van der Waals surface area contributed by atoms with E-state index in [0.717, 1.165) is 27.1 Å². The molecule has 0 unspecified atom stereocenters. The van der Waals surface area contributed by atoms with Gasteiger partial charge in [-0.15, -0.1) is 0 Å². The number of carbonyl (C=O) groups is 1. The van der Waals surface area contributed by atoms with Gasteiger partial charge in [-0.05, 0) is 60.0 Å². The third-order valence-corrected chi connectivity index (χ3v) is 3.62. The van der Waals surface area contributed by atoms with Gasteiger partial charge in [0.2, 0.25) is 5.91 Å². The van der Waals surface area contributed by atoms with Crippen LogP contribution in [0.25, 0.3) is 0 Å². The second-order valence-electron chi connectivity index (χ2n) is 4.92. The smallest absolute Gasteiger partial charge is 0.228 e. The van der Waals surface area contributed by atoms with E-state index in [1.54, 1.807) is 0 Å². The van der Waals surface area contributed by atoms with Crippen LogP contribution in [0.3, 0.4) is 0 Å². The highest BCUT2D eigenvalue weighted by Gasteiger charge is 2.09. The summed E-state index contributed by atoms with van der Waals surface area (Å²) < 4.78 is 0.766. The van der Waals surface area contributed by atoms with Crippen molar-refractivity contribution in [1.29, 1.82) is 0 Å². The molecule has 2 aromatic rings. The summed E-state index contributed by atoms with van der Waals surface area (Å²) in [7, 11) is 0. The number of rotatable bonds is 3. The van der Waals surface area contributed by atoms with Crippen molar-refractivity contribution in [2.45, 2.75) is 27.2 Å². The monoisotopic (exact) mass is 332 g/mol. The topological polar surface area (TPSA) is 42.0 Å². The number of carbonyl (C=O) groups excluding carboxylic acids is 1. The van der Waals surface area contributed by atoms with Crippen molar-refractivity contribution >= 4 is 27.5 Å². The molecule has 1 amide bonds. The van der Waals surface area contributed by atoms with Crippen LogP contribution in [0.15, 0.2) is 34.9 Å². The lowest BCUT2D eigenvalue weighted by atomic mass is 10.0. The number of aryl methyl sites for hydroxylation is 3. The van der Waals surface area contributed by atoms with Gasteiger partial charge in [-0.2, -0.15) is 0 Å². The molecule has 0 atom stereocenters. The quantitative estimate of drug-likeness (QED) is 0.864. The minimum absolute atomic E-state index is 0.0223. The molecular weight excluding hydrogens is 316 g/mol. The van der Waals surface area contributed by atoms with E-state index in [-0.39, 0.29) is 5.91 Å². The number of hydrogen-bond donors (Lipinski definition) is 1. The fraction of sp³-hybridized carbons (Fsp3) is 0.250. The number of nitrogens with one attached hydrogen (secondary N) is 1. The van der Waals surface area contributed by atoms with Crippen molar-refractivity contribution in [3.63, 3.8) is 0 Å². The molecule has 0 fully saturated rings. The van der Waals surface area contributed by atoms with Crippen LogP contribution in [0.5, 0.6) is 0 Å². The lowest BCUT2D eigenvalue weighted by Gasteiger charge is -2.10. The molecular formula is C16H17BrN2O. The molecule has 0 saturated heterocycles. The van der Waals surface area contributed by atoms with Crippen molar-refractivity contribution in [3.8, 4) is 0 Å². The van der Waals surface area contributed by atoms with Crippen LogP contribution in [0.2, 0.25) is 0 Å². The van der Waals surface area contributed by atoms with Crippen molar-refractivity contribution < 1.29 is 4.79 Å². The fourth-order valence-corrected chi connectivity index (χ4v) is 2.42. The maximum atomic E-state index is 12.1. The van der Waals surface area contributed by atoms with Gasteiger partial charge in [0.25, 0.3) is 0 Å². The summed E-state index contributed by atoms with van der Waals surface area (Å²) in [6, 6.07) is 9.83. The van der Waals surface area contributed by atoms with Crippen LogP contribution in [0.4, 0.5) is 5.69 Å². The second-order valence-corrected chi connectivity index (χ2v) is 5.73. The SMILES string of the molecule is Cc1ccc(C)c(CC(=O)Nc2ccc(Br)nc2C)c1. The van der Waals surface area contributed by atoms with Crippen molar-refractivity contribution in [3.05, 3.63) is 57.3 Å². The molecule has 1 N–H and O–H groups in total. The third-order valence-electron chi connectivity index (χ3n) is 3.18. The van der Waals surface area contributed by atoms with Gasteiger partial charge >= 0.3 is 0 Å². The molecule has 0 radical (unpaired) electrons. The first-order valence-corrected chi connectivity index (χ1v) is 7.24. The Labute approximate surface area is 127 Å². The molecule has 4 heteroatoms.